The molecule has 104 valence electrons. The van der Waals surface area contributed by atoms with Crippen molar-refractivity contribution in [3.63, 3.8) is 0 Å². The lowest BCUT2D eigenvalue weighted by atomic mass is 9.86. The molecule has 5 heteroatoms. The Hall–Kier alpha value is -0.510. The second-order valence-corrected chi connectivity index (χ2v) is 6.29. The van der Waals surface area contributed by atoms with E-state index in [1.165, 1.54) is 25.7 Å². The molecule has 0 aliphatic heterocycles. The maximum Gasteiger partial charge on any atom is 0.171 e. The Morgan fingerprint density at radius 3 is 2.47 bits per heavy atom. The molecule has 1 aromatic carbocycles. The number of rotatable bonds is 2. The molecule has 1 saturated carbocycles. The van der Waals surface area contributed by atoms with Crippen molar-refractivity contribution >= 4 is 46.2 Å². The van der Waals surface area contributed by atoms with Crippen molar-refractivity contribution < 1.29 is 0 Å². The molecule has 0 amide bonds. The minimum absolute atomic E-state index is 0.440. The minimum atomic E-state index is 0.440. The van der Waals surface area contributed by atoms with E-state index in [2.05, 4.69) is 17.6 Å². The molecule has 1 fully saturated rings. The van der Waals surface area contributed by atoms with Gasteiger partial charge in [0.1, 0.15) is 0 Å². The summed E-state index contributed by atoms with van der Waals surface area (Å²) in [7, 11) is 0. The summed E-state index contributed by atoms with van der Waals surface area (Å²) in [5, 5.41) is 8.22. The summed E-state index contributed by atoms with van der Waals surface area (Å²) in [5.74, 6) is 0.648. The van der Waals surface area contributed by atoms with Crippen LogP contribution in [0.15, 0.2) is 18.2 Å². The van der Waals surface area contributed by atoms with Gasteiger partial charge in [-0.3, -0.25) is 0 Å². The summed E-state index contributed by atoms with van der Waals surface area (Å²) in [4.78, 5) is 0. The van der Waals surface area contributed by atoms with Crippen molar-refractivity contribution in [1.29, 1.82) is 0 Å². The molecule has 0 unspecified atom stereocenters. The van der Waals surface area contributed by atoms with Gasteiger partial charge in [-0.25, -0.2) is 0 Å². The van der Waals surface area contributed by atoms with Crippen LogP contribution in [0.25, 0.3) is 0 Å². The summed E-state index contributed by atoms with van der Waals surface area (Å²) in [6.45, 7) is 2.27. The molecule has 0 saturated heterocycles. The van der Waals surface area contributed by atoms with Crippen LogP contribution < -0.4 is 10.6 Å². The van der Waals surface area contributed by atoms with Crippen molar-refractivity contribution in [1.82, 2.24) is 5.32 Å². The molecule has 0 radical (unpaired) electrons. The van der Waals surface area contributed by atoms with Crippen LogP contribution in [0.4, 0.5) is 5.69 Å². The molecule has 0 bridgehead atoms. The zero-order valence-corrected chi connectivity index (χ0v) is 13.2. The zero-order chi connectivity index (χ0) is 13.8. The van der Waals surface area contributed by atoms with Gasteiger partial charge in [0.2, 0.25) is 0 Å². The first-order valence-corrected chi connectivity index (χ1v) is 7.76. The van der Waals surface area contributed by atoms with Gasteiger partial charge < -0.3 is 10.6 Å². The highest BCUT2D eigenvalue weighted by Gasteiger charge is 2.22. The smallest absolute Gasteiger partial charge is 0.171 e. The second-order valence-electron chi connectivity index (χ2n) is 5.06. The topological polar surface area (TPSA) is 24.1 Å². The van der Waals surface area contributed by atoms with Gasteiger partial charge in [-0.1, -0.05) is 49.0 Å². The largest absolute Gasteiger partial charge is 0.359 e. The van der Waals surface area contributed by atoms with E-state index in [1.54, 1.807) is 12.1 Å². The average Bonchev–Trinajstić information content (AvgIpc) is 2.37. The molecule has 2 rings (SSSR count). The van der Waals surface area contributed by atoms with Gasteiger partial charge >= 0.3 is 0 Å². The van der Waals surface area contributed by atoms with Gasteiger partial charge in [0, 0.05) is 6.04 Å². The van der Waals surface area contributed by atoms with E-state index in [9.17, 15) is 0 Å². The van der Waals surface area contributed by atoms with Crippen molar-refractivity contribution in [2.45, 2.75) is 38.6 Å². The lowest BCUT2D eigenvalue weighted by molar-refractivity contribution is 0.309. The van der Waals surface area contributed by atoms with Crippen LogP contribution in [0, 0.1) is 5.92 Å². The van der Waals surface area contributed by atoms with E-state index in [-0.39, 0.29) is 0 Å². The molecule has 1 aliphatic rings. The van der Waals surface area contributed by atoms with Gasteiger partial charge in [-0.15, -0.1) is 0 Å². The molecular formula is C14H18Cl2N2S. The number of benzene rings is 1. The number of nitrogens with one attached hydrogen (secondary N) is 2. The average molecular weight is 317 g/mol. The predicted molar refractivity (Wildman–Crippen MR) is 87.2 cm³/mol. The van der Waals surface area contributed by atoms with E-state index in [0.29, 0.717) is 32.8 Å². The highest BCUT2D eigenvalue weighted by Crippen LogP contribution is 2.30. The third-order valence-electron chi connectivity index (χ3n) is 3.63. The molecule has 0 aromatic heterocycles. The molecule has 19 heavy (non-hydrogen) atoms. The summed E-state index contributed by atoms with van der Waals surface area (Å²) in [5.41, 5.74) is 0.673. The number of para-hydroxylation sites is 1. The molecule has 1 aliphatic carbocycles. The number of thiocarbonyl (C=S) groups is 1. The van der Waals surface area contributed by atoms with Crippen LogP contribution in [0.2, 0.25) is 10.0 Å². The fourth-order valence-electron chi connectivity index (χ4n) is 2.47. The van der Waals surface area contributed by atoms with E-state index in [1.807, 2.05) is 6.07 Å². The first-order valence-electron chi connectivity index (χ1n) is 6.59. The first-order chi connectivity index (χ1) is 9.08. The highest BCUT2D eigenvalue weighted by atomic mass is 35.5. The Labute approximate surface area is 129 Å². The van der Waals surface area contributed by atoms with Gasteiger partial charge in [-0.05, 0) is 43.1 Å². The van der Waals surface area contributed by atoms with E-state index in [4.69, 9.17) is 35.4 Å². The molecular weight excluding hydrogens is 299 g/mol. The predicted octanol–water partition coefficient (Wildman–Crippen LogP) is 4.86. The van der Waals surface area contributed by atoms with Crippen molar-refractivity contribution in [2.75, 3.05) is 5.32 Å². The highest BCUT2D eigenvalue weighted by molar-refractivity contribution is 7.80. The SMILES string of the molecule is C[C@@H]1CCCC[C@H]1NC(=S)Nc1c(Cl)cccc1Cl. The second kappa shape index (κ2) is 6.78. The Morgan fingerprint density at radius 2 is 1.84 bits per heavy atom. The van der Waals surface area contributed by atoms with E-state index in [0.717, 1.165) is 0 Å². The molecule has 0 heterocycles. The lowest BCUT2D eigenvalue weighted by Gasteiger charge is -2.30. The molecule has 1 aromatic rings. The number of halogens is 2. The maximum atomic E-state index is 6.11. The minimum Gasteiger partial charge on any atom is -0.359 e. The third kappa shape index (κ3) is 3.98. The molecule has 2 nitrogen and oxygen atoms in total. The third-order valence-corrected chi connectivity index (χ3v) is 4.48. The zero-order valence-electron chi connectivity index (χ0n) is 10.9. The van der Waals surface area contributed by atoms with Crippen molar-refractivity contribution in [3.8, 4) is 0 Å². The summed E-state index contributed by atoms with van der Waals surface area (Å²) < 4.78 is 0. The van der Waals surface area contributed by atoms with Crippen LogP contribution >= 0.6 is 35.4 Å². The van der Waals surface area contributed by atoms with Crippen LogP contribution in [0.5, 0.6) is 0 Å². The van der Waals surface area contributed by atoms with Crippen LogP contribution in [0.3, 0.4) is 0 Å². The van der Waals surface area contributed by atoms with Gasteiger partial charge in [0.05, 0.1) is 15.7 Å². The molecule has 0 spiro atoms. The van der Waals surface area contributed by atoms with Gasteiger partial charge in [0.15, 0.2) is 5.11 Å². The number of hydrogen-bond acceptors (Lipinski definition) is 1. The number of hydrogen-bond donors (Lipinski definition) is 2. The Bertz CT molecular complexity index is 445. The molecule has 2 N–H and O–H groups in total. The van der Waals surface area contributed by atoms with Crippen LogP contribution in [-0.4, -0.2) is 11.2 Å². The summed E-state index contributed by atoms with van der Waals surface area (Å²) >= 11 is 17.6. The fraction of sp³-hybridized carbons (Fsp3) is 0.500. The lowest BCUT2D eigenvalue weighted by Crippen LogP contribution is -2.43. The van der Waals surface area contributed by atoms with Gasteiger partial charge in [-0.2, -0.15) is 0 Å². The standard InChI is InChI=1S/C14H18Cl2N2S/c1-9-5-2-3-8-12(9)17-14(19)18-13-10(15)6-4-7-11(13)16/h4,6-7,9,12H,2-3,5,8H2,1H3,(H2,17,18,19)/t9-,12-/m1/s1. The van der Waals surface area contributed by atoms with Crippen molar-refractivity contribution in [3.05, 3.63) is 28.2 Å². The van der Waals surface area contributed by atoms with Crippen LogP contribution in [-0.2, 0) is 0 Å². The summed E-state index contributed by atoms with van der Waals surface area (Å²) in [6.07, 6.45) is 5.00. The van der Waals surface area contributed by atoms with Gasteiger partial charge in [0.25, 0.3) is 0 Å². The fourth-order valence-corrected chi connectivity index (χ4v) is 3.21. The van der Waals surface area contributed by atoms with E-state index < -0.39 is 0 Å². The van der Waals surface area contributed by atoms with E-state index >= 15 is 0 Å². The quantitative estimate of drug-likeness (QED) is 0.762. The maximum absolute atomic E-state index is 6.11. The normalized spacial score (nSPS) is 22.9. The monoisotopic (exact) mass is 316 g/mol. The first kappa shape index (κ1) is 14.9. The van der Waals surface area contributed by atoms with Crippen LogP contribution in [0.1, 0.15) is 32.6 Å². The molecule has 2 atom stereocenters. The Balaban J connectivity index is 1.97. The van der Waals surface area contributed by atoms with Crippen molar-refractivity contribution in [2.24, 2.45) is 5.92 Å². The Morgan fingerprint density at radius 1 is 1.21 bits per heavy atom. The number of anilines is 1. The summed E-state index contributed by atoms with van der Waals surface area (Å²) in [6, 6.07) is 5.84. The Kier molecular flexibility index (Phi) is 5.31.